The van der Waals surface area contributed by atoms with Crippen molar-refractivity contribution in [1.82, 2.24) is 10.2 Å². The van der Waals surface area contributed by atoms with Crippen molar-refractivity contribution in [3.05, 3.63) is 0 Å². The van der Waals surface area contributed by atoms with E-state index in [0.717, 1.165) is 11.3 Å². The summed E-state index contributed by atoms with van der Waals surface area (Å²) in [5, 5.41) is 2.62. The topological polar surface area (TPSA) is 92.5 Å². The van der Waals surface area contributed by atoms with Gasteiger partial charge in [-0.15, -0.1) is 0 Å². The lowest BCUT2D eigenvalue weighted by Crippen LogP contribution is -2.41. The summed E-state index contributed by atoms with van der Waals surface area (Å²) >= 11 is 0. The van der Waals surface area contributed by atoms with E-state index in [1.54, 1.807) is 0 Å². The second kappa shape index (κ2) is 6.65. The molecular weight excluding hydrogens is 246 g/mol. The lowest BCUT2D eigenvalue weighted by molar-refractivity contribution is -0.138. The molecule has 19 heavy (non-hydrogen) atoms. The number of likely N-dealkylation sites (N-methyl/N-ethyl adjacent to an activating group) is 1. The third kappa shape index (κ3) is 4.31. The second-order valence-corrected chi connectivity index (χ2v) is 5.55. The van der Waals surface area contributed by atoms with Crippen molar-refractivity contribution in [2.24, 2.45) is 17.6 Å². The first-order chi connectivity index (χ1) is 8.85. The number of rotatable bonds is 6. The molecule has 0 saturated carbocycles. The Morgan fingerprint density at radius 1 is 1.47 bits per heavy atom. The summed E-state index contributed by atoms with van der Waals surface area (Å²) in [4.78, 5) is 35.9. The third-order valence-electron chi connectivity index (χ3n) is 3.33. The van der Waals surface area contributed by atoms with Gasteiger partial charge in [0.1, 0.15) is 6.04 Å². The number of likely N-dealkylation sites (tertiary alicyclic amines) is 1. The zero-order valence-electron chi connectivity index (χ0n) is 11.8. The molecule has 6 nitrogen and oxygen atoms in total. The molecule has 108 valence electrons. The molecule has 3 N–H and O–H groups in total. The van der Waals surface area contributed by atoms with E-state index < -0.39 is 6.04 Å². The molecule has 0 aromatic carbocycles. The van der Waals surface area contributed by atoms with Crippen LogP contribution in [-0.4, -0.2) is 42.3 Å². The van der Waals surface area contributed by atoms with E-state index in [0.29, 0.717) is 18.9 Å². The largest absolute Gasteiger partial charge is 0.344 e. The molecule has 1 fully saturated rings. The summed E-state index contributed by atoms with van der Waals surface area (Å²) in [6.07, 6.45) is 1.23. The number of nitrogens with zero attached hydrogens (tertiary/aromatic N) is 1. The molecule has 0 spiro atoms. The summed E-state index contributed by atoms with van der Waals surface area (Å²) in [7, 11) is 1.43. The minimum Gasteiger partial charge on any atom is -0.344 e. The molecule has 1 aliphatic rings. The Hall–Kier alpha value is -1.43. The molecule has 1 heterocycles. The number of nitrogens with one attached hydrogen (secondary N) is 1. The number of imide groups is 1. The summed E-state index contributed by atoms with van der Waals surface area (Å²) in [5.74, 6) is -0.218. The van der Waals surface area contributed by atoms with Gasteiger partial charge in [-0.2, -0.15) is 0 Å². The summed E-state index contributed by atoms with van der Waals surface area (Å²) < 4.78 is 0. The molecule has 3 amide bonds. The second-order valence-electron chi connectivity index (χ2n) is 5.55. The highest BCUT2D eigenvalue weighted by Gasteiger charge is 2.36. The SMILES string of the molecule is CC(C)C[C@H](CN)CC(=O)NC1CC(=O)N(C)C1=O. The molecule has 0 radical (unpaired) electrons. The van der Waals surface area contributed by atoms with Crippen molar-refractivity contribution in [2.75, 3.05) is 13.6 Å². The van der Waals surface area contributed by atoms with Crippen LogP contribution >= 0.6 is 0 Å². The molecule has 1 rings (SSSR count). The maximum absolute atomic E-state index is 11.9. The van der Waals surface area contributed by atoms with E-state index in [1.165, 1.54) is 7.05 Å². The first-order valence-electron chi connectivity index (χ1n) is 6.65. The third-order valence-corrected chi connectivity index (χ3v) is 3.33. The van der Waals surface area contributed by atoms with Gasteiger partial charge in [0, 0.05) is 13.5 Å². The minimum atomic E-state index is -0.706. The fourth-order valence-electron chi connectivity index (χ4n) is 2.31. The average molecular weight is 269 g/mol. The first kappa shape index (κ1) is 15.6. The lowest BCUT2D eigenvalue weighted by atomic mass is 9.94. The van der Waals surface area contributed by atoms with E-state index in [-0.39, 0.29) is 30.1 Å². The number of hydrogen-bond acceptors (Lipinski definition) is 4. The highest BCUT2D eigenvalue weighted by atomic mass is 16.2. The zero-order valence-corrected chi connectivity index (χ0v) is 11.8. The fourth-order valence-corrected chi connectivity index (χ4v) is 2.31. The van der Waals surface area contributed by atoms with Crippen LogP contribution in [0, 0.1) is 11.8 Å². The quantitative estimate of drug-likeness (QED) is 0.657. The van der Waals surface area contributed by atoms with Gasteiger partial charge >= 0.3 is 0 Å². The van der Waals surface area contributed by atoms with Gasteiger partial charge in [-0.25, -0.2) is 0 Å². The molecule has 0 aliphatic carbocycles. The summed E-state index contributed by atoms with van der Waals surface area (Å²) in [6.45, 7) is 4.60. The van der Waals surface area contributed by atoms with Gasteiger partial charge in [0.05, 0.1) is 6.42 Å². The van der Waals surface area contributed by atoms with Gasteiger partial charge in [-0.1, -0.05) is 13.8 Å². The average Bonchev–Trinajstić information content (AvgIpc) is 2.55. The number of nitrogens with two attached hydrogens (primary N) is 1. The van der Waals surface area contributed by atoms with Gasteiger partial charge in [0.2, 0.25) is 11.8 Å². The van der Waals surface area contributed by atoms with E-state index in [2.05, 4.69) is 19.2 Å². The van der Waals surface area contributed by atoms with Gasteiger partial charge in [-0.3, -0.25) is 19.3 Å². The van der Waals surface area contributed by atoms with Crippen molar-refractivity contribution < 1.29 is 14.4 Å². The molecule has 0 aromatic rings. The maximum atomic E-state index is 11.9. The molecular formula is C13H23N3O3. The zero-order chi connectivity index (χ0) is 14.6. The van der Waals surface area contributed by atoms with Gasteiger partial charge in [0.25, 0.3) is 5.91 Å². The molecule has 6 heteroatoms. The Morgan fingerprint density at radius 3 is 2.53 bits per heavy atom. The number of hydrogen-bond donors (Lipinski definition) is 2. The highest BCUT2D eigenvalue weighted by Crippen LogP contribution is 2.15. The monoisotopic (exact) mass is 269 g/mol. The Labute approximate surface area is 113 Å². The predicted molar refractivity (Wildman–Crippen MR) is 70.9 cm³/mol. The van der Waals surface area contributed by atoms with E-state index in [9.17, 15) is 14.4 Å². The van der Waals surface area contributed by atoms with Crippen LogP contribution < -0.4 is 11.1 Å². The molecule has 2 atom stereocenters. The molecule has 1 saturated heterocycles. The number of amides is 3. The van der Waals surface area contributed by atoms with Crippen LogP contribution in [0.5, 0.6) is 0 Å². The smallest absolute Gasteiger partial charge is 0.252 e. The Kier molecular flexibility index (Phi) is 5.47. The van der Waals surface area contributed by atoms with Crippen LogP contribution in [0.4, 0.5) is 0 Å². The summed E-state index contributed by atoms with van der Waals surface area (Å²) in [6, 6.07) is -0.706. The van der Waals surface area contributed by atoms with Gasteiger partial charge in [-0.05, 0) is 24.8 Å². The van der Waals surface area contributed by atoms with Crippen molar-refractivity contribution in [1.29, 1.82) is 0 Å². The van der Waals surface area contributed by atoms with Crippen molar-refractivity contribution >= 4 is 17.7 Å². The molecule has 1 aliphatic heterocycles. The van der Waals surface area contributed by atoms with E-state index in [1.807, 2.05) is 0 Å². The summed E-state index contributed by atoms with van der Waals surface area (Å²) in [5.41, 5.74) is 5.64. The lowest BCUT2D eigenvalue weighted by Gasteiger charge is -2.18. The van der Waals surface area contributed by atoms with Crippen LogP contribution in [0.15, 0.2) is 0 Å². The number of carbonyl (C=O) groups excluding carboxylic acids is 3. The fraction of sp³-hybridized carbons (Fsp3) is 0.769. The van der Waals surface area contributed by atoms with Crippen LogP contribution in [0.3, 0.4) is 0 Å². The molecule has 0 aromatic heterocycles. The molecule has 1 unspecified atom stereocenters. The Morgan fingerprint density at radius 2 is 2.11 bits per heavy atom. The van der Waals surface area contributed by atoms with Crippen LogP contribution in [0.1, 0.15) is 33.1 Å². The Balaban J connectivity index is 2.47. The maximum Gasteiger partial charge on any atom is 0.252 e. The van der Waals surface area contributed by atoms with Crippen LogP contribution in [0.2, 0.25) is 0 Å². The molecule has 0 bridgehead atoms. The minimum absolute atomic E-state index is 0.0541. The van der Waals surface area contributed by atoms with E-state index >= 15 is 0 Å². The standard InChI is InChI=1S/C13H23N3O3/c1-8(2)4-9(7-14)5-11(17)15-10-6-12(18)16(3)13(10)19/h8-10H,4-7,14H2,1-3H3,(H,15,17)/t9-,10?/m0/s1. The first-order valence-corrected chi connectivity index (χ1v) is 6.65. The normalized spacial score (nSPS) is 21.1. The van der Waals surface area contributed by atoms with Crippen molar-refractivity contribution in [2.45, 2.75) is 39.2 Å². The highest BCUT2D eigenvalue weighted by molar-refractivity contribution is 6.06. The van der Waals surface area contributed by atoms with Gasteiger partial charge < -0.3 is 11.1 Å². The predicted octanol–water partition coefficient (Wildman–Crippen LogP) is -0.129. The van der Waals surface area contributed by atoms with Crippen molar-refractivity contribution in [3.8, 4) is 0 Å². The Bertz CT molecular complexity index is 368. The van der Waals surface area contributed by atoms with Crippen molar-refractivity contribution in [3.63, 3.8) is 0 Å². The van der Waals surface area contributed by atoms with E-state index in [4.69, 9.17) is 5.73 Å². The van der Waals surface area contributed by atoms with Gasteiger partial charge in [0.15, 0.2) is 0 Å². The van der Waals surface area contributed by atoms with Crippen LogP contribution in [-0.2, 0) is 14.4 Å². The van der Waals surface area contributed by atoms with Crippen LogP contribution in [0.25, 0.3) is 0 Å². The number of carbonyl (C=O) groups is 3.